The van der Waals surface area contributed by atoms with Gasteiger partial charge in [-0.15, -0.1) is 0 Å². The molecule has 1 atom stereocenters. The summed E-state index contributed by atoms with van der Waals surface area (Å²) in [7, 11) is 1.49. The van der Waals surface area contributed by atoms with Crippen molar-refractivity contribution in [3.8, 4) is 5.75 Å². The first kappa shape index (κ1) is 24.1. The zero-order valence-corrected chi connectivity index (χ0v) is 20.9. The van der Waals surface area contributed by atoms with E-state index in [2.05, 4.69) is 62.1 Å². The van der Waals surface area contributed by atoms with Crippen molar-refractivity contribution >= 4 is 16.7 Å². The molecule has 1 unspecified atom stereocenters. The van der Waals surface area contributed by atoms with Crippen LogP contribution in [-0.4, -0.2) is 37.2 Å². The SMILES string of the molecule is COC(=O)C1CCCN(Cc2ccc3c(OC4CCC(C(C)(C)C)CC4)cccc3c2)CC1. The highest BCUT2D eigenvalue weighted by atomic mass is 16.5. The van der Waals surface area contributed by atoms with Crippen LogP contribution in [0.1, 0.15) is 71.3 Å². The lowest BCUT2D eigenvalue weighted by molar-refractivity contribution is -0.145. The molecule has 2 fully saturated rings. The molecular formula is C29H41NO3. The molecule has 33 heavy (non-hydrogen) atoms. The summed E-state index contributed by atoms with van der Waals surface area (Å²) in [5.74, 6) is 1.82. The highest BCUT2D eigenvalue weighted by Gasteiger charge is 2.30. The molecule has 2 aromatic carbocycles. The molecule has 0 radical (unpaired) electrons. The summed E-state index contributed by atoms with van der Waals surface area (Å²) >= 11 is 0. The van der Waals surface area contributed by atoms with Crippen molar-refractivity contribution in [2.24, 2.45) is 17.3 Å². The van der Waals surface area contributed by atoms with Crippen molar-refractivity contribution in [1.29, 1.82) is 0 Å². The molecule has 1 aliphatic carbocycles. The molecular weight excluding hydrogens is 410 g/mol. The lowest BCUT2D eigenvalue weighted by Gasteiger charge is -2.37. The lowest BCUT2D eigenvalue weighted by Crippen LogP contribution is -2.30. The van der Waals surface area contributed by atoms with E-state index in [4.69, 9.17) is 9.47 Å². The molecule has 4 nitrogen and oxygen atoms in total. The van der Waals surface area contributed by atoms with Gasteiger partial charge in [0, 0.05) is 11.9 Å². The Morgan fingerprint density at radius 1 is 1.00 bits per heavy atom. The highest BCUT2D eigenvalue weighted by molar-refractivity contribution is 5.88. The molecule has 180 valence electrons. The van der Waals surface area contributed by atoms with E-state index in [9.17, 15) is 4.79 Å². The van der Waals surface area contributed by atoms with Gasteiger partial charge < -0.3 is 9.47 Å². The molecule has 4 rings (SSSR count). The summed E-state index contributed by atoms with van der Waals surface area (Å²) in [4.78, 5) is 14.4. The Hall–Kier alpha value is -2.07. The van der Waals surface area contributed by atoms with Crippen LogP contribution in [0.3, 0.4) is 0 Å². The number of carbonyl (C=O) groups is 1. The number of likely N-dealkylation sites (tertiary alicyclic amines) is 1. The Kier molecular flexibility index (Phi) is 7.63. The van der Waals surface area contributed by atoms with Crippen LogP contribution in [0.5, 0.6) is 5.75 Å². The molecule has 0 spiro atoms. The Morgan fingerprint density at radius 2 is 1.79 bits per heavy atom. The van der Waals surface area contributed by atoms with E-state index in [0.717, 1.165) is 63.4 Å². The smallest absolute Gasteiger partial charge is 0.308 e. The monoisotopic (exact) mass is 451 g/mol. The van der Waals surface area contributed by atoms with Crippen molar-refractivity contribution in [3.05, 3.63) is 42.0 Å². The van der Waals surface area contributed by atoms with Gasteiger partial charge in [-0.2, -0.15) is 0 Å². The van der Waals surface area contributed by atoms with E-state index < -0.39 is 0 Å². The molecule has 1 saturated heterocycles. The van der Waals surface area contributed by atoms with E-state index in [0.29, 0.717) is 11.5 Å². The van der Waals surface area contributed by atoms with Crippen LogP contribution < -0.4 is 4.74 Å². The number of methoxy groups -OCH3 is 1. The molecule has 1 saturated carbocycles. The number of ether oxygens (including phenoxy) is 2. The topological polar surface area (TPSA) is 38.8 Å². The largest absolute Gasteiger partial charge is 0.490 e. The summed E-state index contributed by atoms with van der Waals surface area (Å²) in [6, 6.07) is 13.2. The molecule has 4 heteroatoms. The Balaban J connectivity index is 1.39. The first-order valence-electron chi connectivity index (χ1n) is 12.8. The summed E-state index contributed by atoms with van der Waals surface area (Å²) < 4.78 is 11.5. The second-order valence-electron chi connectivity index (χ2n) is 11.2. The quantitative estimate of drug-likeness (QED) is 0.480. The Morgan fingerprint density at radius 3 is 2.52 bits per heavy atom. The standard InChI is InChI=1S/C29H41NO3/c1-29(2,3)24-11-13-25(14-12-24)33-27-9-5-7-23-19-21(10-15-26(23)27)20-30-17-6-8-22(16-18-30)28(31)32-4/h5,7,9-10,15,19,22,24-25H,6,8,11-14,16-18,20H2,1-4H3. The number of benzene rings is 2. The zero-order chi connectivity index (χ0) is 23.4. The predicted molar refractivity (Wildman–Crippen MR) is 134 cm³/mol. The van der Waals surface area contributed by atoms with Crippen LogP contribution >= 0.6 is 0 Å². The van der Waals surface area contributed by atoms with Crippen molar-refractivity contribution < 1.29 is 14.3 Å². The third kappa shape index (κ3) is 6.09. The summed E-state index contributed by atoms with van der Waals surface area (Å²) in [5, 5.41) is 2.46. The maximum absolute atomic E-state index is 11.9. The van der Waals surface area contributed by atoms with Gasteiger partial charge in [0.2, 0.25) is 0 Å². The Bertz CT molecular complexity index is 940. The van der Waals surface area contributed by atoms with Crippen LogP contribution in [0.2, 0.25) is 0 Å². The molecule has 2 aliphatic rings. The number of nitrogens with zero attached hydrogens (tertiary/aromatic N) is 1. The number of hydrogen-bond donors (Lipinski definition) is 0. The van der Waals surface area contributed by atoms with Crippen molar-refractivity contribution in [2.45, 2.75) is 78.4 Å². The number of esters is 1. The summed E-state index contributed by atoms with van der Waals surface area (Å²) in [5.41, 5.74) is 1.72. The number of fused-ring (bicyclic) bond motifs is 1. The van der Waals surface area contributed by atoms with Gasteiger partial charge in [-0.1, -0.05) is 45.0 Å². The van der Waals surface area contributed by atoms with E-state index in [1.807, 2.05) is 0 Å². The van der Waals surface area contributed by atoms with Crippen LogP contribution in [0.15, 0.2) is 36.4 Å². The summed E-state index contributed by atoms with van der Waals surface area (Å²) in [6.07, 6.45) is 8.01. The van der Waals surface area contributed by atoms with Gasteiger partial charge in [0.1, 0.15) is 5.75 Å². The van der Waals surface area contributed by atoms with E-state index in [1.54, 1.807) is 0 Å². The van der Waals surface area contributed by atoms with E-state index in [1.165, 1.54) is 36.3 Å². The van der Waals surface area contributed by atoms with Crippen LogP contribution in [-0.2, 0) is 16.1 Å². The number of carbonyl (C=O) groups excluding carboxylic acids is 1. The third-order valence-electron chi connectivity index (χ3n) is 7.86. The first-order valence-corrected chi connectivity index (χ1v) is 12.8. The van der Waals surface area contributed by atoms with Crippen LogP contribution in [0.4, 0.5) is 0 Å². The summed E-state index contributed by atoms with van der Waals surface area (Å²) in [6.45, 7) is 9.99. The molecule has 0 aromatic heterocycles. The van der Waals surface area contributed by atoms with E-state index >= 15 is 0 Å². The first-order chi connectivity index (χ1) is 15.8. The fourth-order valence-corrected chi connectivity index (χ4v) is 5.71. The number of hydrogen-bond acceptors (Lipinski definition) is 4. The lowest BCUT2D eigenvalue weighted by atomic mass is 9.72. The van der Waals surface area contributed by atoms with Crippen molar-refractivity contribution in [2.75, 3.05) is 20.2 Å². The molecule has 2 aromatic rings. The minimum atomic E-state index is -0.0537. The third-order valence-corrected chi connectivity index (χ3v) is 7.86. The Labute approximate surface area is 199 Å². The maximum Gasteiger partial charge on any atom is 0.308 e. The minimum absolute atomic E-state index is 0.0507. The van der Waals surface area contributed by atoms with Crippen LogP contribution in [0.25, 0.3) is 10.8 Å². The average Bonchev–Trinajstić information content (AvgIpc) is 3.04. The molecule has 1 heterocycles. The van der Waals surface area contributed by atoms with Gasteiger partial charge in [-0.3, -0.25) is 9.69 Å². The van der Waals surface area contributed by atoms with E-state index in [-0.39, 0.29) is 11.9 Å². The van der Waals surface area contributed by atoms with Gasteiger partial charge in [0.25, 0.3) is 0 Å². The molecule has 0 amide bonds. The zero-order valence-electron chi connectivity index (χ0n) is 20.9. The fraction of sp³-hybridized carbons (Fsp3) is 0.621. The van der Waals surface area contributed by atoms with Gasteiger partial charge in [-0.25, -0.2) is 0 Å². The molecule has 0 N–H and O–H groups in total. The predicted octanol–water partition coefficient (Wildman–Crippen LogP) is 6.60. The highest BCUT2D eigenvalue weighted by Crippen LogP contribution is 2.39. The second-order valence-corrected chi connectivity index (χ2v) is 11.2. The minimum Gasteiger partial charge on any atom is -0.490 e. The van der Waals surface area contributed by atoms with Gasteiger partial charge in [0.05, 0.1) is 19.1 Å². The second kappa shape index (κ2) is 10.5. The van der Waals surface area contributed by atoms with Gasteiger partial charge in [-0.05, 0) is 92.5 Å². The molecule has 0 bridgehead atoms. The normalized spacial score (nSPS) is 24.9. The van der Waals surface area contributed by atoms with Crippen molar-refractivity contribution in [1.82, 2.24) is 4.90 Å². The fourth-order valence-electron chi connectivity index (χ4n) is 5.71. The van der Waals surface area contributed by atoms with Crippen molar-refractivity contribution in [3.63, 3.8) is 0 Å². The molecule has 1 aliphatic heterocycles. The average molecular weight is 452 g/mol. The number of rotatable bonds is 5. The maximum atomic E-state index is 11.9. The van der Waals surface area contributed by atoms with Gasteiger partial charge in [0.15, 0.2) is 0 Å². The van der Waals surface area contributed by atoms with Gasteiger partial charge >= 0.3 is 5.97 Å². The van der Waals surface area contributed by atoms with Crippen LogP contribution in [0, 0.1) is 17.3 Å².